The lowest BCUT2D eigenvalue weighted by atomic mass is 10.3. The molecule has 0 aliphatic rings. The van der Waals surface area contributed by atoms with Crippen LogP contribution in [0.25, 0.3) is 9.88 Å². The van der Waals surface area contributed by atoms with E-state index in [-0.39, 0.29) is 18.2 Å². The lowest BCUT2D eigenvalue weighted by Crippen LogP contribution is -2.32. The third-order valence-electron chi connectivity index (χ3n) is 3.18. The summed E-state index contributed by atoms with van der Waals surface area (Å²) in [5.74, 6) is -0.537. The van der Waals surface area contributed by atoms with Crippen molar-refractivity contribution >= 4 is 40.2 Å². The van der Waals surface area contributed by atoms with E-state index in [4.69, 9.17) is 4.42 Å². The van der Waals surface area contributed by atoms with Crippen LogP contribution in [0.3, 0.4) is 0 Å². The van der Waals surface area contributed by atoms with Crippen molar-refractivity contribution < 1.29 is 14.0 Å². The van der Waals surface area contributed by atoms with E-state index < -0.39 is 5.91 Å². The summed E-state index contributed by atoms with van der Waals surface area (Å²) in [6.07, 6.45) is 1.41. The first kappa shape index (κ1) is 16.4. The molecule has 0 fully saturated rings. The third kappa shape index (κ3) is 3.72. The standard InChI is InChI=1S/C16H15N3O3S2/c1-9-8-23-16(18-9)13-6-11(10(2)24-13)19-14(20)7-17-15(21)12-4-3-5-22-12/h3-6,8H,7H2,1-2H3,(H,17,21)(H,19,20). The molecular weight excluding hydrogens is 346 g/mol. The Hall–Kier alpha value is -2.45. The van der Waals surface area contributed by atoms with Gasteiger partial charge in [-0.2, -0.15) is 0 Å². The highest BCUT2D eigenvalue weighted by Gasteiger charge is 2.14. The average Bonchev–Trinajstić information content (AvgIpc) is 3.27. The number of thiophene rings is 1. The van der Waals surface area contributed by atoms with E-state index in [1.165, 1.54) is 6.26 Å². The summed E-state index contributed by atoms with van der Waals surface area (Å²) in [4.78, 5) is 30.2. The topological polar surface area (TPSA) is 84.2 Å². The van der Waals surface area contributed by atoms with Gasteiger partial charge in [0, 0.05) is 16.0 Å². The molecule has 2 amide bonds. The minimum atomic E-state index is -0.420. The fourth-order valence-corrected chi connectivity index (χ4v) is 3.86. The molecule has 0 saturated carbocycles. The zero-order valence-corrected chi connectivity index (χ0v) is 14.7. The highest BCUT2D eigenvalue weighted by molar-refractivity contribution is 7.21. The minimum absolute atomic E-state index is 0.124. The first-order chi connectivity index (χ1) is 11.5. The lowest BCUT2D eigenvalue weighted by molar-refractivity contribution is -0.115. The SMILES string of the molecule is Cc1csc(-c2cc(NC(=O)CNC(=O)c3ccco3)c(C)s2)n1. The number of amides is 2. The Kier molecular flexibility index (Phi) is 4.77. The highest BCUT2D eigenvalue weighted by atomic mass is 32.1. The molecule has 3 aromatic rings. The van der Waals surface area contributed by atoms with Gasteiger partial charge in [0.2, 0.25) is 5.91 Å². The van der Waals surface area contributed by atoms with E-state index in [1.807, 2.05) is 25.3 Å². The number of aromatic nitrogens is 1. The van der Waals surface area contributed by atoms with Gasteiger partial charge >= 0.3 is 0 Å². The maximum Gasteiger partial charge on any atom is 0.287 e. The first-order valence-electron chi connectivity index (χ1n) is 7.17. The molecule has 0 saturated heterocycles. The largest absolute Gasteiger partial charge is 0.459 e. The summed E-state index contributed by atoms with van der Waals surface area (Å²) >= 11 is 3.15. The Labute approximate surface area is 146 Å². The predicted octanol–water partition coefficient (Wildman–Crippen LogP) is 3.45. The number of nitrogens with one attached hydrogen (secondary N) is 2. The summed E-state index contributed by atoms with van der Waals surface area (Å²) < 4.78 is 4.97. The van der Waals surface area contributed by atoms with Gasteiger partial charge in [0.25, 0.3) is 5.91 Å². The molecule has 24 heavy (non-hydrogen) atoms. The molecule has 0 aromatic carbocycles. The van der Waals surface area contributed by atoms with Crippen LogP contribution < -0.4 is 10.6 Å². The predicted molar refractivity (Wildman–Crippen MR) is 94.6 cm³/mol. The van der Waals surface area contributed by atoms with E-state index >= 15 is 0 Å². The number of thiazole rings is 1. The van der Waals surface area contributed by atoms with Crippen LogP contribution in [-0.2, 0) is 4.79 Å². The Morgan fingerprint density at radius 3 is 2.83 bits per heavy atom. The Morgan fingerprint density at radius 2 is 2.17 bits per heavy atom. The molecule has 2 N–H and O–H groups in total. The van der Waals surface area contributed by atoms with Crippen molar-refractivity contribution in [2.24, 2.45) is 0 Å². The Morgan fingerprint density at radius 1 is 1.33 bits per heavy atom. The van der Waals surface area contributed by atoms with E-state index in [0.29, 0.717) is 0 Å². The van der Waals surface area contributed by atoms with E-state index in [2.05, 4.69) is 15.6 Å². The van der Waals surface area contributed by atoms with Crippen LogP contribution in [0.5, 0.6) is 0 Å². The van der Waals surface area contributed by atoms with Crippen LogP contribution in [0.2, 0.25) is 0 Å². The van der Waals surface area contributed by atoms with Crippen LogP contribution in [-0.4, -0.2) is 23.3 Å². The molecule has 124 valence electrons. The van der Waals surface area contributed by atoms with Gasteiger partial charge in [-0.1, -0.05) is 0 Å². The number of carbonyl (C=O) groups is 2. The van der Waals surface area contributed by atoms with Gasteiger partial charge in [0.05, 0.1) is 23.4 Å². The second kappa shape index (κ2) is 6.98. The Bertz CT molecular complexity index is 865. The molecule has 6 nitrogen and oxygen atoms in total. The number of anilines is 1. The van der Waals surface area contributed by atoms with Crippen LogP contribution >= 0.6 is 22.7 Å². The zero-order valence-electron chi connectivity index (χ0n) is 13.1. The highest BCUT2D eigenvalue weighted by Crippen LogP contribution is 2.35. The van der Waals surface area contributed by atoms with Gasteiger partial charge in [0.1, 0.15) is 5.01 Å². The summed E-state index contributed by atoms with van der Waals surface area (Å²) in [5, 5.41) is 8.26. The second-order valence-corrected chi connectivity index (χ2v) is 7.20. The second-order valence-electron chi connectivity index (χ2n) is 5.08. The number of hydrogen-bond acceptors (Lipinski definition) is 6. The normalized spacial score (nSPS) is 10.6. The smallest absolute Gasteiger partial charge is 0.287 e. The molecule has 0 aliphatic carbocycles. The first-order valence-corrected chi connectivity index (χ1v) is 8.87. The van der Waals surface area contributed by atoms with Gasteiger partial charge in [-0.05, 0) is 32.0 Å². The summed E-state index contributed by atoms with van der Waals surface area (Å²) in [5.41, 5.74) is 1.72. The molecule has 3 heterocycles. The van der Waals surface area contributed by atoms with Crippen LogP contribution in [0, 0.1) is 13.8 Å². The molecular formula is C16H15N3O3S2. The quantitative estimate of drug-likeness (QED) is 0.729. The molecule has 8 heteroatoms. The van der Waals surface area contributed by atoms with E-state index in [1.54, 1.807) is 34.8 Å². The van der Waals surface area contributed by atoms with E-state index in [9.17, 15) is 9.59 Å². The monoisotopic (exact) mass is 361 g/mol. The fourth-order valence-electron chi connectivity index (χ4n) is 2.03. The number of aryl methyl sites for hydroxylation is 2. The number of hydrogen-bond donors (Lipinski definition) is 2. The maximum atomic E-state index is 12.0. The summed E-state index contributed by atoms with van der Waals surface area (Å²) in [7, 11) is 0. The van der Waals surface area contributed by atoms with Crippen molar-refractivity contribution in [1.82, 2.24) is 10.3 Å². The van der Waals surface area contributed by atoms with Gasteiger partial charge < -0.3 is 15.1 Å². The maximum absolute atomic E-state index is 12.0. The molecule has 0 radical (unpaired) electrons. The van der Waals surface area contributed by atoms with Crippen molar-refractivity contribution in [2.45, 2.75) is 13.8 Å². The molecule has 3 aromatic heterocycles. The molecule has 3 rings (SSSR count). The number of nitrogens with zero attached hydrogens (tertiary/aromatic N) is 1. The lowest BCUT2D eigenvalue weighted by Gasteiger charge is -2.05. The summed E-state index contributed by atoms with van der Waals surface area (Å²) in [6, 6.07) is 5.06. The number of carbonyl (C=O) groups excluding carboxylic acids is 2. The van der Waals surface area contributed by atoms with Crippen LogP contribution in [0.15, 0.2) is 34.3 Å². The fraction of sp³-hybridized carbons (Fsp3) is 0.188. The average molecular weight is 361 g/mol. The number of rotatable bonds is 5. The molecule has 0 aliphatic heterocycles. The molecule has 0 atom stereocenters. The van der Waals surface area contributed by atoms with Gasteiger partial charge in [-0.25, -0.2) is 4.98 Å². The Balaban J connectivity index is 1.60. The van der Waals surface area contributed by atoms with Gasteiger partial charge in [0.15, 0.2) is 5.76 Å². The van der Waals surface area contributed by atoms with Crippen molar-refractivity contribution in [3.8, 4) is 9.88 Å². The zero-order chi connectivity index (χ0) is 17.1. The molecule has 0 spiro atoms. The van der Waals surface area contributed by atoms with Crippen LogP contribution in [0.1, 0.15) is 21.1 Å². The van der Waals surface area contributed by atoms with Crippen LogP contribution in [0.4, 0.5) is 5.69 Å². The number of furan rings is 1. The van der Waals surface area contributed by atoms with Gasteiger partial charge in [-0.3, -0.25) is 9.59 Å². The molecule has 0 unspecified atom stereocenters. The minimum Gasteiger partial charge on any atom is -0.459 e. The van der Waals surface area contributed by atoms with Gasteiger partial charge in [-0.15, -0.1) is 22.7 Å². The molecule has 0 bridgehead atoms. The van der Waals surface area contributed by atoms with Crippen molar-refractivity contribution in [1.29, 1.82) is 0 Å². The van der Waals surface area contributed by atoms with Crippen molar-refractivity contribution in [2.75, 3.05) is 11.9 Å². The van der Waals surface area contributed by atoms with Crippen molar-refractivity contribution in [3.05, 3.63) is 46.2 Å². The van der Waals surface area contributed by atoms with Crippen molar-refractivity contribution in [3.63, 3.8) is 0 Å². The third-order valence-corrected chi connectivity index (χ3v) is 5.36. The summed E-state index contributed by atoms with van der Waals surface area (Å²) in [6.45, 7) is 3.76. The van der Waals surface area contributed by atoms with E-state index in [0.717, 1.165) is 26.1 Å².